The Labute approximate surface area is 92.4 Å². The minimum atomic E-state index is -0.222. The van der Waals surface area contributed by atoms with Crippen molar-refractivity contribution in [1.29, 1.82) is 0 Å². The van der Waals surface area contributed by atoms with E-state index in [-0.39, 0.29) is 11.4 Å². The monoisotopic (exact) mass is 213 g/mol. The molecule has 4 heteroatoms. The second kappa shape index (κ2) is 4.49. The van der Waals surface area contributed by atoms with E-state index < -0.39 is 0 Å². The Morgan fingerprint density at radius 2 is 2.00 bits per heavy atom. The van der Waals surface area contributed by atoms with Gasteiger partial charge in [-0.1, -0.05) is 0 Å². The van der Waals surface area contributed by atoms with Crippen LogP contribution in [-0.4, -0.2) is 53.5 Å². The van der Waals surface area contributed by atoms with E-state index >= 15 is 0 Å². The summed E-state index contributed by atoms with van der Waals surface area (Å²) in [5, 5.41) is 0. The summed E-state index contributed by atoms with van der Waals surface area (Å²) in [6, 6.07) is 0.311. The van der Waals surface area contributed by atoms with Crippen molar-refractivity contribution in [3.8, 4) is 0 Å². The van der Waals surface area contributed by atoms with E-state index in [1.54, 1.807) is 0 Å². The maximum Gasteiger partial charge on any atom is 0.237 e. The van der Waals surface area contributed by atoms with Crippen molar-refractivity contribution in [3.63, 3.8) is 0 Å². The number of piperazine rings is 1. The van der Waals surface area contributed by atoms with Crippen molar-refractivity contribution >= 4 is 5.91 Å². The number of rotatable bonds is 3. The van der Waals surface area contributed by atoms with E-state index in [0.717, 1.165) is 19.6 Å². The number of nitrogens with two attached hydrogens (primary N) is 1. The highest BCUT2D eigenvalue weighted by atomic mass is 16.2. The molecule has 0 saturated carbocycles. The fraction of sp³-hybridized carbons (Fsp3) is 0.909. The van der Waals surface area contributed by atoms with Crippen molar-refractivity contribution in [3.05, 3.63) is 0 Å². The lowest BCUT2D eigenvalue weighted by atomic mass is 10.1. The molecule has 1 rings (SSSR count). The predicted molar refractivity (Wildman–Crippen MR) is 61.6 cm³/mol. The zero-order valence-electron chi connectivity index (χ0n) is 10.3. The minimum Gasteiger partial charge on any atom is -0.338 e. The van der Waals surface area contributed by atoms with Crippen LogP contribution in [0.5, 0.6) is 0 Å². The van der Waals surface area contributed by atoms with Crippen LogP contribution in [-0.2, 0) is 4.79 Å². The molecule has 2 N–H and O–H groups in total. The molecule has 1 aliphatic rings. The van der Waals surface area contributed by atoms with Crippen molar-refractivity contribution < 1.29 is 4.79 Å². The summed E-state index contributed by atoms with van der Waals surface area (Å²) in [5.41, 5.74) is 5.72. The second-order valence-electron chi connectivity index (χ2n) is 5.38. The number of hydrogen-bond acceptors (Lipinski definition) is 3. The molecule has 1 fully saturated rings. The topological polar surface area (TPSA) is 49.6 Å². The molecule has 0 atom stereocenters. The molecule has 0 aromatic rings. The Hall–Kier alpha value is -0.610. The minimum absolute atomic E-state index is 0.222. The third-order valence-corrected chi connectivity index (χ3v) is 2.59. The molecule has 15 heavy (non-hydrogen) atoms. The second-order valence-corrected chi connectivity index (χ2v) is 5.38. The van der Waals surface area contributed by atoms with Crippen molar-refractivity contribution in [2.75, 3.05) is 26.2 Å². The van der Waals surface area contributed by atoms with Crippen LogP contribution in [0.3, 0.4) is 0 Å². The first-order chi connectivity index (χ1) is 6.79. The molecule has 0 aromatic carbocycles. The lowest BCUT2D eigenvalue weighted by Gasteiger charge is -2.38. The molecule has 0 aliphatic carbocycles. The number of carbonyl (C=O) groups is 1. The van der Waals surface area contributed by atoms with E-state index in [9.17, 15) is 4.79 Å². The average molecular weight is 213 g/mol. The van der Waals surface area contributed by atoms with Crippen molar-refractivity contribution in [2.45, 2.75) is 39.3 Å². The fourth-order valence-corrected chi connectivity index (χ4v) is 1.99. The normalized spacial score (nSPS) is 20.1. The molecule has 1 saturated heterocycles. The van der Waals surface area contributed by atoms with Crippen LogP contribution in [0.1, 0.15) is 27.7 Å². The lowest BCUT2D eigenvalue weighted by Crippen LogP contribution is -2.56. The first kappa shape index (κ1) is 12.5. The Balaban J connectivity index is 2.48. The van der Waals surface area contributed by atoms with Crippen LogP contribution in [0.25, 0.3) is 0 Å². The van der Waals surface area contributed by atoms with E-state index in [1.165, 1.54) is 0 Å². The summed E-state index contributed by atoms with van der Waals surface area (Å²) in [5.74, 6) is 0.223. The van der Waals surface area contributed by atoms with E-state index in [2.05, 4.69) is 18.7 Å². The standard InChI is InChI=1S/C11H23N3O/c1-9(2)14-6-5-13(7-10(14)15)8-11(3,4)12/h9H,5-8,12H2,1-4H3. The van der Waals surface area contributed by atoms with E-state index in [0.29, 0.717) is 12.6 Å². The van der Waals surface area contributed by atoms with Crippen LogP contribution in [0, 0.1) is 0 Å². The Morgan fingerprint density at radius 3 is 2.40 bits per heavy atom. The summed E-state index contributed by atoms with van der Waals surface area (Å²) in [6.07, 6.45) is 0. The zero-order chi connectivity index (χ0) is 11.6. The van der Waals surface area contributed by atoms with Crippen LogP contribution in [0.4, 0.5) is 0 Å². The first-order valence-electron chi connectivity index (χ1n) is 5.60. The molecule has 0 unspecified atom stereocenters. The molecule has 88 valence electrons. The van der Waals surface area contributed by atoms with Gasteiger partial charge in [0.25, 0.3) is 0 Å². The quantitative estimate of drug-likeness (QED) is 0.732. The number of carbonyl (C=O) groups excluding carboxylic acids is 1. The van der Waals surface area contributed by atoms with Crippen LogP contribution >= 0.6 is 0 Å². The summed E-state index contributed by atoms with van der Waals surface area (Å²) in [7, 11) is 0. The van der Waals surface area contributed by atoms with Gasteiger partial charge in [-0.15, -0.1) is 0 Å². The van der Waals surface area contributed by atoms with Gasteiger partial charge in [0.15, 0.2) is 0 Å². The number of nitrogens with zero attached hydrogens (tertiary/aromatic N) is 2. The third-order valence-electron chi connectivity index (χ3n) is 2.59. The highest BCUT2D eigenvalue weighted by Crippen LogP contribution is 2.10. The van der Waals surface area contributed by atoms with Gasteiger partial charge in [-0.3, -0.25) is 9.69 Å². The molecule has 4 nitrogen and oxygen atoms in total. The van der Waals surface area contributed by atoms with Gasteiger partial charge in [-0.05, 0) is 27.7 Å². The maximum absolute atomic E-state index is 11.8. The van der Waals surface area contributed by atoms with Gasteiger partial charge in [-0.2, -0.15) is 0 Å². The molecule has 0 spiro atoms. The molecular weight excluding hydrogens is 190 g/mol. The SMILES string of the molecule is CC(C)N1CCN(CC(C)(C)N)CC1=O. The molecule has 0 aromatic heterocycles. The highest BCUT2D eigenvalue weighted by Gasteiger charge is 2.27. The number of hydrogen-bond donors (Lipinski definition) is 1. The molecule has 0 radical (unpaired) electrons. The Morgan fingerprint density at radius 1 is 1.40 bits per heavy atom. The molecule has 1 heterocycles. The van der Waals surface area contributed by atoms with E-state index in [1.807, 2.05) is 18.7 Å². The first-order valence-corrected chi connectivity index (χ1v) is 5.60. The summed E-state index contributed by atoms with van der Waals surface area (Å²) in [4.78, 5) is 15.8. The van der Waals surface area contributed by atoms with Gasteiger partial charge in [0.2, 0.25) is 5.91 Å². The van der Waals surface area contributed by atoms with Crippen molar-refractivity contribution in [2.24, 2.45) is 5.73 Å². The lowest BCUT2D eigenvalue weighted by molar-refractivity contribution is -0.138. The van der Waals surface area contributed by atoms with Crippen LogP contribution < -0.4 is 5.73 Å². The van der Waals surface area contributed by atoms with Gasteiger partial charge in [-0.25, -0.2) is 0 Å². The molecule has 0 bridgehead atoms. The van der Waals surface area contributed by atoms with Gasteiger partial charge in [0, 0.05) is 31.2 Å². The largest absolute Gasteiger partial charge is 0.338 e. The van der Waals surface area contributed by atoms with E-state index in [4.69, 9.17) is 5.73 Å². The van der Waals surface area contributed by atoms with Gasteiger partial charge in [0.1, 0.15) is 0 Å². The third kappa shape index (κ3) is 3.80. The molecular formula is C11H23N3O. The van der Waals surface area contributed by atoms with Crippen molar-refractivity contribution in [1.82, 2.24) is 9.80 Å². The van der Waals surface area contributed by atoms with Gasteiger partial charge < -0.3 is 10.6 Å². The van der Waals surface area contributed by atoms with Crippen LogP contribution in [0.15, 0.2) is 0 Å². The van der Waals surface area contributed by atoms with Crippen LogP contribution in [0.2, 0.25) is 0 Å². The van der Waals surface area contributed by atoms with Gasteiger partial charge >= 0.3 is 0 Å². The summed E-state index contributed by atoms with van der Waals surface area (Å²) in [6.45, 7) is 11.2. The molecule has 1 amide bonds. The highest BCUT2D eigenvalue weighted by molar-refractivity contribution is 5.79. The smallest absolute Gasteiger partial charge is 0.237 e. The fourth-order valence-electron chi connectivity index (χ4n) is 1.99. The number of amides is 1. The Bertz CT molecular complexity index is 232. The Kier molecular flexibility index (Phi) is 3.73. The zero-order valence-corrected chi connectivity index (χ0v) is 10.3. The summed E-state index contributed by atoms with van der Waals surface area (Å²) < 4.78 is 0. The van der Waals surface area contributed by atoms with Gasteiger partial charge in [0.05, 0.1) is 6.54 Å². The molecule has 1 aliphatic heterocycles. The predicted octanol–water partition coefficient (Wildman–Crippen LogP) is 0.276. The summed E-state index contributed by atoms with van der Waals surface area (Å²) >= 11 is 0. The maximum atomic E-state index is 11.8. The average Bonchev–Trinajstić information content (AvgIpc) is 1.99.